The molecule has 0 saturated carbocycles. The molecule has 2 rings (SSSR count). The first-order chi connectivity index (χ1) is 6.61. The fourth-order valence-electron chi connectivity index (χ4n) is 1.46. The van der Waals surface area contributed by atoms with Crippen LogP contribution in [-0.2, 0) is 6.54 Å². The van der Waals surface area contributed by atoms with Crippen molar-refractivity contribution in [3.63, 3.8) is 0 Å². The summed E-state index contributed by atoms with van der Waals surface area (Å²) in [6.45, 7) is 10.9. The standard InChI is InChI=1S/C11H11NO2/c1-11(2)13-9-5-4-8(7-12-3)6-10(9)14-11/h4-6H,7H2,1-2H3. The predicted molar refractivity (Wildman–Crippen MR) is 52.1 cm³/mol. The Balaban J connectivity index is 2.32. The maximum atomic E-state index is 6.77. The van der Waals surface area contributed by atoms with Gasteiger partial charge in [0.05, 0.1) is 0 Å². The second-order valence-corrected chi connectivity index (χ2v) is 3.70. The molecule has 0 aliphatic carbocycles. The Bertz CT molecular complexity index is 404. The zero-order chi connectivity index (χ0) is 10.2. The topological polar surface area (TPSA) is 22.8 Å². The second-order valence-electron chi connectivity index (χ2n) is 3.70. The summed E-state index contributed by atoms with van der Waals surface area (Å²) in [5, 5.41) is 0. The summed E-state index contributed by atoms with van der Waals surface area (Å²) >= 11 is 0. The van der Waals surface area contributed by atoms with Crippen LogP contribution in [0.5, 0.6) is 11.5 Å². The molecule has 72 valence electrons. The van der Waals surface area contributed by atoms with E-state index in [2.05, 4.69) is 4.85 Å². The molecule has 0 unspecified atom stereocenters. The third-order valence-corrected chi connectivity index (χ3v) is 1.98. The van der Waals surface area contributed by atoms with Crippen LogP contribution in [0.3, 0.4) is 0 Å². The minimum atomic E-state index is -0.584. The van der Waals surface area contributed by atoms with Gasteiger partial charge in [0.1, 0.15) is 0 Å². The summed E-state index contributed by atoms with van der Waals surface area (Å²) in [6.07, 6.45) is 0. The fourth-order valence-corrected chi connectivity index (χ4v) is 1.46. The maximum Gasteiger partial charge on any atom is 0.246 e. The Hall–Kier alpha value is -1.69. The lowest BCUT2D eigenvalue weighted by molar-refractivity contribution is -0.0431. The van der Waals surface area contributed by atoms with Crippen molar-refractivity contribution in [2.24, 2.45) is 0 Å². The van der Waals surface area contributed by atoms with Crippen molar-refractivity contribution < 1.29 is 9.47 Å². The molecule has 0 bridgehead atoms. The zero-order valence-electron chi connectivity index (χ0n) is 8.20. The number of benzene rings is 1. The maximum absolute atomic E-state index is 6.77. The van der Waals surface area contributed by atoms with Crippen LogP contribution in [0.4, 0.5) is 0 Å². The first kappa shape index (κ1) is 8.89. The summed E-state index contributed by atoms with van der Waals surface area (Å²) in [4.78, 5) is 3.32. The molecule has 0 radical (unpaired) electrons. The number of fused-ring (bicyclic) bond motifs is 1. The van der Waals surface area contributed by atoms with Crippen molar-refractivity contribution in [3.05, 3.63) is 35.2 Å². The van der Waals surface area contributed by atoms with E-state index in [-0.39, 0.29) is 0 Å². The SMILES string of the molecule is [C-]#[N+]Cc1ccc2c(c1)OC(C)(C)O2. The highest BCUT2D eigenvalue weighted by Gasteiger charge is 2.31. The second kappa shape index (κ2) is 2.91. The Labute approximate surface area is 83.1 Å². The Morgan fingerprint density at radius 2 is 2.00 bits per heavy atom. The Morgan fingerprint density at radius 3 is 2.71 bits per heavy atom. The Morgan fingerprint density at radius 1 is 1.29 bits per heavy atom. The lowest BCUT2D eigenvalue weighted by atomic mass is 10.2. The van der Waals surface area contributed by atoms with Gasteiger partial charge in [0.25, 0.3) is 0 Å². The van der Waals surface area contributed by atoms with Gasteiger partial charge in [0.2, 0.25) is 12.3 Å². The molecule has 0 aromatic heterocycles. The highest BCUT2D eigenvalue weighted by Crippen LogP contribution is 2.39. The molecule has 0 amide bonds. The average molecular weight is 189 g/mol. The normalized spacial score (nSPS) is 16.4. The van der Waals surface area contributed by atoms with Crippen LogP contribution in [-0.4, -0.2) is 5.79 Å². The molecule has 0 N–H and O–H groups in total. The molecule has 14 heavy (non-hydrogen) atoms. The third kappa shape index (κ3) is 1.51. The summed E-state index contributed by atoms with van der Waals surface area (Å²) in [5.74, 6) is 0.902. The molecule has 1 aromatic carbocycles. The van der Waals surface area contributed by atoms with E-state index in [0.717, 1.165) is 17.1 Å². The molecule has 3 heteroatoms. The third-order valence-electron chi connectivity index (χ3n) is 1.98. The minimum absolute atomic E-state index is 0.386. The van der Waals surface area contributed by atoms with E-state index in [1.165, 1.54) is 0 Å². The van der Waals surface area contributed by atoms with Gasteiger partial charge in [-0.1, -0.05) is 0 Å². The van der Waals surface area contributed by atoms with Crippen LogP contribution in [0.1, 0.15) is 19.4 Å². The van der Waals surface area contributed by atoms with Crippen molar-refractivity contribution in [3.8, 4) is 11.5 Å². The van der Waals surface area contributed by atoms with Crippen LogP contribution >= 0.6 is 0 Å². The van der Waals surface area contributed by atoms with Crippen LogP contribution in [0.2, 0.25) is 0 Å². The molecule has 1 aliphatic heterocycles. The van der Waals surface area contributed by atoms with Crippen LogP contribution < -0.4 is 9.47 Å². The number of rotatable bonds is 1. The zero-order valence-corrected chi connectivity index (χ0v) is 8.20. The number of hydrogen-bond donors (Lipinski definition) is 0. The van der Waals surface area contributed by atoms with Crippen molar-refractivity contribution >= 4 is 0 Å². The van der Waals surface area contributed by atoms with Gasteiger partial charge >= 0.3 is 0 Å². The molecule has 1 aliphatic rings. The highest BCUT2D eigenvalue weighted by molar-refractivity contribution is 5.45. The van der Waals surface area contributed by atoms with Crippen LogP contribution in [0.25, 0.3) is 4.85 Å². The average Bonchev–Trinajstić information content (AvgIpc) is 2.38. The van der Waals surface area contributed by atoms with E-state index in [9.17, 15) is 0 Å². The van der Waals surface area contributed by atoms with Gasteiger partial charge in [-0.05, 0) is 18.2 Å². The smallest absolute Gasteiger partial charge is 0.246 e. The molecular formula is C11H11NO2. The Kier molecular flexibility index (Phi) is 1.85. The molecule has 3 nitrogen and oxygen atoms in total. The molecule has 0 atom stereocenters. The van der Waals surface area contributed by atoms with Crippen molar-refractivity contribution in [1.82, 2.24) is 0 Å². The molecular weight excluding hydrogens is 178 g/mol. The minimum Gasteiger partial charge on any atom is -0.449 e. The van der Waals surface area contributed by atoms with Gasteiger partial charge in [-0.15, -0.1) is 0 Å². The van der Waals surface area contributed by atoms with E-state index >= 15 is 0 Å². The number of hydrogen-bond acceptors (Lipinski definition) is 2. The van der Waals surface area contributed by atoms with Gasteiger partial charge < -0.3 is 14.3 Å². The number of ether oxygens (including phenoxy) is 2. The lowest BCUT2D eigenvalue weighted by Crippen LogP contribution is -2.29. The predicted octanol–water partition coefficient (Wildman–Crippen LogP) is 2.61. The summed E-state index contributed by atoms with van der Waals surface area (Å²) in [5.41, 5.74) is 0.958. The molecule has 1 heterocycles. The van der Waals surface area contributed by atoms with Crippen LogP contribution in [0, 0.1) is 6.57 Å². The lowest BCUT2D eigenvalue weighted by Gasteiger charge is -2.16. The van der Waals surface area contributed by atoms with Gasteiger partial charge in [-0.2, -0.15) is 0 Å². The van der Waals surface area contributed by atoms with E-state index in [1.54, 1.807) is 0 Å². The molecule has 0 saturated heterocycles. The van der Waals surface area contributed by atoms with E-state index < -0.39 is 5.79 Å². The van der Waals surface area contributed by atoms with Gasteiger partial charge in [0.15, 0.2) is 11.5 Å². The first-order valence-corrected chi connectivity index (χ1v) is 4.45. The summed E-state index contributed by atoms with van der Waals surface area (Å²) < 4.78 is 11.1. The largest absolute Gasteiger partial charge is 0.449 e. The summed E-state index contributed by atoms with van der Waals surface area (Å²) in [6, 6.07) is 5.61. The highest BCUT2D eigenvalue weighted by atomic mass is 16.7. The van der Waals surface area contributed by atoms with Crippen LogP contribution in [0.15, 0.2) is 18.2 Å². The van der Waals surface area contributed by atoms with E-state index in [0.29, 0.717) is 6.54 Å². The molecule has 0 fully saturated rings. The summed E-state index contributed by atoms with van der Waals surface area (Å²) in [7, 11) is 0. The molecule has 1 aromatic rings. The first-order valence-electron chi connectivity index (χ1n) is 4.45. The van der Waals surface area contributed by atoms with Crippen molar-refractivity contribution in [1.29, 1.82) is 0 Å². The van der Waals surface area contributed by atoms with Gasteiger partial charge in [0, 0.05) is 19.4 Å². The van der Waals surface area contributed by atoms with Gasteiger partial charge in [-0.25, -0.2) is 6.57 Å². The van der Waals surface area contributed by atoms with E-state index in [4.69, 9.17) is 16.0 Å². The molecule has 0 spiro atoms. The monoisotopic (exact) mass is 189 g/mol. The number of nitrogens with zero attached hydrogens (tertiary/aromatic N) is 1. The quantitative estimate of drug-likeness (QED) is 0.634. The van der Waals surface area contributed by atoms with Gasteiger partial charge in [-0.3, -0.25) is 0 Å². The van der Waals surface area contributed by atoms with Crippen molar-refractivity contribution in [2.75, 3.05) is 0 Å². The van der Waals surface area contributed by atoms with E-state index in [1.807, 2.05) is 32.0 Å². The fraction of sp³-hybridized carbons (Fsp3) is 0.364. The van der Waals surface area contributed by atoms with Crippen molar-refractivity contribution in [2.45, 2.75) is 26.2 Å².